The largest absolute Gasteiger partial charge is 0.469 e. The zero-order valence-corrected chi connectivity index (χ0v) is 9.83. The third-order valence-corrected chi connectivity index (χ3v) is 2.51. The molecule has 6 nitrogen and oxygen atoms in total. The summed E-state index contributed by atoms with van der Waals surface area (Å²) in [6.45, 7) is 0. The second-order valence-electron chi connectivity index (χ2n) is 3.75. The Labute approximate surface area is 104 Å². The van der Waals surface area contributed by atoms with E-state index in [4.69, 9.17) is 11.0 Å². The maximum absolute atomic E-state index is 11.0. The molecule has 0 bridgehead atoms. The number of nitrogens with zero attached hydrogens (tertiary/aromatic N) is 1. The van der Waals surface area contributed by atoms with Crippen molar-refractivity contribution in [3.8, 4) is 6.07 Å². The average molecular weight is 250 g/mol. The molecule has 0 saturated heterocycles. The van der Waals surface area contributed by atoms with Crippen LogP contribution >= 0.6 is 0 Å². The molecule has 6 heteroatoms. The number of rotatable bonds is 4. The molecule has 0 aliphatic carbocycles. The van der Waals surface area contributed by atoms with Crippen LogP contribution in [0.4, 0.5) is 5.69 Å². The van der Waals surface area contributed by atoms with Gasteiger partial charge in [0.15, 0.2) is 0 Å². The van der Waals surface area contributed by atoms with Crippen LogP contribution in [0.1, 0.15) is 23.7 Å². The first kappa shape index (κ1) is 14.0. The van der Waals surface area contributed by atoms with Crippen molar-refractivity contribution in [2.45, 2.75) is 18.6 Å². The third-order valence-electron chi connectivity index (χ3n) is 2.51. The van der Waals surface area contributed by atoms with E-state index in [1.54, 1.807) is 0 Å². The van der Waals surface area contributed by atoms with Gasteiger partial charge in [0, 0.05) is 5.69 Å². The number of methoxy groups -OCH3 is 1. The van der Waals surface area contributed by atoms with Gasteiger partial charge in [-0.3, -0.25) is 4.79 Å². The Hall–Kier alpha value is -2.10. The third kappa shape index (κ3) is 3.20. The fraction of sp³-hybridized carbons (Fsp3) is 0.333. The van der Waals surface area contributed by atoms with Crippen LogP contribution < -0.4 is 5.73 Å². The fourth-order valence-corrected chi connectivity index (χ4v) is 1.45. The number of ether oxygens (including phenoxy) is 1. The van der Waals surface area contributed by atoms with E-state index in [9.17, 15) is 15.0 Å². The average Bonchev–Trinajstić information content (AvgIpc) is 2.37. The second-order valence-corrected chi connectivity index (χ2v) is 3.75. The van der Waals surface area contributed by atoms with Gasteiger partial charge in [0.25, 0.3) is 0 Å². The van der Waals surface area contributed by atoms with Gasteiger partial charge in [-0.25, -0.2) is 0 Å². The summed E-state index contributed by atoms with van der Waals surface area (Å²) in [6.07, 6.45) is -2.87. The summed E-state index contributed by atoms with van der Waals surface area (Å²) in [5.41, 5.74) is 6.42. The number of esters is 1. The van der Waals surface area contributed by atoms with Gasteiger partial charge in [0.05, 0.1) is 25.2 Å². The van der Waals surface area contributed by atoms with E-state index in [0.717, 1.165) is 0 Å². The monoisotopic (exact) mass is 250 g/mol. The molecule has 1 aromatic carbocycles. The molecule has 96 valence electrons. The van der Waals surface area contributed by atoms with E-state index in [1.165, 1.54) is 25.3 Å². The first-order valence-corrected chi connectivity index (χ1v) is 5.22. The van der Waals surface area contributed by atoms with Crippen LogP contribution in [-0.2, 0) is 9.53 Å². The van der Waals surface area contributed by atoms with Crippen molar-refractivity contribution in [1.29, 1.82) is 5.26 Å². The maximum Gasteiger partial charge on any atom is 0.308 e. The zero-order valence-electron chi connectivity index (χ0n) is 9.83. The molecule has 1 rings (SSSR count). The van der Waals surface area contributed by atoms with Crippen LogP contribution in [0.2, 0.25) is 0 Å². The lowest BCUT2D eigenvalue weighted by Crippen LogP contribution is -2.22. The Kier molecular flexibility index (Phi) is 4.66. The molecule has 1 aromatic rings. The van der Waals surface area contributed by atoms with E-state index in [0.29, 0.717) is 5.56 Å². The highest BCUT2D eigenvalue weighted by atomic mass is 16.5. The SMILES string of the molecule is COC(=O)CC(O)C(O)c1ccc(C#N)c(N)c1. The predicted molar refractivity (Wildman–Crippen MR) is 63.2 cm³/mol. The van der Waals surface area contributed by atoms with Gasteiger partial charge in [0.2, 0.25) is 0 Å². The standard InChI is InChI=1S/C12H14N2O4/c1-18-11(16)5-10(15)12(17)7-2-3-8(6-13)9(14)4-7/h2-4,10,12,15,17H,5,14H2,1H3. The second kappa shape index (κ2) is 6.00. The maximum atomic E-state index is 11.0. The van der Waals surface area contributed by atoms with E-state index in [1.807, 2.05) is 6.07 Å². The molecule has 0 amide bonds. The summed E-state index contributed by atoms with van der Waals surface area (Å²) < 4.78 is 4.39. The van der Waals surface area contributed by atoms with Crippen LogP contribution in [0.5, 0.6) is 0 Å². The summed E-state index contributed by atoms with van der Waals surface area (Å²) >= 11 is 0. The summed E-state index contributed by atoms with van der Waals surface area (Å²) in [5.74, 6) is -0.622. The molecule has 0 saturated carbocycles. The molecule has 4 N–H and O–H groups in total. The highest BCUT2D eigenvalue weighted by Crippen LogP contribution is 2.23. The molecule has 18 heavy (non-hydrogen) atoms. The van der Waals surface area contributed by atoms with Crippen molar-refractivity contribution in [1.82, 2.24) is 0 Å². The van der Waals surface area contributed by atoms with Crippen molar-refractivity contribution in [3.05, 3.63) is 29.3 Å². The number of benzene rings is 1. The number of nitrogen functional groups attached to an aromatic ring is 1. The number of aliphatic hydroxyl groups is 2. The summed E-state index contributed by atoms with van der Waals surface area (Å²) in [5, 5.41) is 28.2. The Balaban J connectivity index is 2.84. The first-order chi connectivity index (χ1) is 8.49. The van der Waals surface area contributed by atoms with Crippen LogP contribution in [0, 0.1) is 11.3 Å². The Morgan fingerprint density at radius 3 is 2.72 bits per heavy atom. The van der Waals surface area contributed by atoms with Crippen molar-refractivity contribution in [2.75, 3.05) is 12.8 Å². The summed E-state index contributed by atoms with van der Waals surface area (Å²) in [4.78, 5) is 11.0. The Morgan fingerprint density at radius 1 is 1.56 bits per heavy atom. The van der Waals surface area contributed by atoms with Crippen molar-refractivity contribution in [2.24, 2.45) is 0 Å². The van der Waals surface area contributed by atoms with Gasteiger partial charge in [-0.1, -0.05) is 6.07 Å². The predicted octanol–water partition coefficient (Wildman–Crippen LogP) is 0.0979. The summed E-state index contributed by atoms with van der Waals surface area (Å²) in [7, 11) is 1.20. The normalized spacial score (nSPS) is 13.4. The smallest absolute Gasteiger partial charge is 0.308 e. The van der Waals surface area contributed by atoms with Crippen LogP contribution in [-0.4, -0.2) is 29.4 Å². The number of nitriles is 1. The number of carbonyl (C=O) groups is 1. The molecule has 0 radical (unpaired) electrons. The number of hydrogen-bond acceptors (Lipinski definition) is 6. The molecular weight excluding hydrogens is 236 g/mol. The Morgan fingerprint density at radius 2 is 2.22 bits per heavy atom. The molecule has 0 aliphatic rings. The van der Waals surface area contributed by atoms with E-state index >= 15 is 0 Å². The lowest BCUT2D eigenvalue weighted by molar-refractivity contribution is -0.144. The first-order valence-electron chi connectivity index (χ1n) is 5.22. The molecule has 2 unspecified atom stereocenters. The van der Waals surface area contributed by atoms with Crippen molar-refractivity contribution < 1.29 is 19.7 Å². The minimum atomic E-state index is -1.29. The topological polar surface area (TPSA) is 117 Å². The van der Waals surface area contributed by atoms with Gasteiger partial charge >= 0.3 is 5.97 Å². The lowest BCUT2D eigenvalue weighted by Gasteiger charge is -2.17. The molecule has 0 aliphatic heterocycles. The van der Waals surface area contributed by atoms with Gasteiger partial charge < -0.3 is 20.7 Å². The molecule has 0 aromatic heterocycles. The van der Waals surface area contributed by atoms with Crippen LogP contribution in [0.15, 0.2) is 18.2 Å². The number of hydrogen-bond donors (Lipinski definition) is 3. The summed E-state index contributed by atoms with van der Waals surface area (Å²) in [6, 6.07) is 6.20. The van der Waals surface area contributed by atoms with E-state index in [-0.39, 0.29) is 17.7 Å². The van der Waals surface area contributed by atoms with Gasteiger partial charge in [-0.2, -0.15) is 5.26 Å². The van der Waals surface area contributed by atoms with Gasteiger partial charge in [0.1, 0.15) is 12.2 Å². The van der Waals surface area contributed by atoms with Crippen LogP contribution in [0.25, 0.3) is 0 Å². The molecule has 0 fully saturated rings. The van der Waals surface area contributed by atoms with E-state index < -0.39 is 18.2 Å². The minimum Gasteiger partial charge on any atom is -0.469 e. The number of carbonyl (C=O) groups excluding carboxylic acids is 1. The zero-order chi connectivity index (χ0) is 13.7. The molecule has 0 spiro atoms. The number of nitrogens with two attached hydrogens (primary N) is 1. The van der Waals surface area contributed by atoms with Gasteiger partial charge in [-0.15, -0.1) is 0 Å². The quantitative estimate of drug-likeness (QED) is 0.515. The van der Waals surface area contributed by atoms with Crippen molar-refractivity contribution in [3.63, 3.8) is 0 Å². The molecule has 0 heterocycles. The lowest BCUT2D eigenvalue weighted by atomic mass is 10.00. The molecular formula is C12H14N2O4. The minimum absolute atomic E-state index is 0.208. The highest BCUT2D eigenvalue weighted by Gasteiger charge is 2.22. The van der Waals surface area contributed by atoms with Crippen LogP contribution in [0.3, 0.4) is 0 Å². The fourth-order valence-electron chi connectivity index (χ4n) is 1.45. The number of anilines is 1. The van der Waals surface area contributed by atoms with Crippen molar-refractivity contribution >= 4 is 11.7 Å². The number of aliphatic hydroxyl groups excluding tert-OH is 2. The highest BCUT2D eigenvalue weighted by molar-refractivity contribution is 5.69. The Bertz CT molecular complexity index is 481. The van der Waals surface area contributed by atoms with Gasteiger partial charge in [-0.05, 0) is 17.7 Å². The molecule has 2 atom stereocenters. The van der Waals surface area contributed by atoms with E-state index in [2.05, 4.69) is 4.74 Å².